The lowest BCUT2D eigenvalue weighted by Crippen LogP contribution is -2.09. The van der Waals surface area contributed by atoms with Crippen molar-refractivity contribution in [3.63, 3.8) is 0 Å². The Hall–Kier alpha value is -2.76. The van der Waals surface area contributed by atoms with E-state index in [4.69, 9.17) is 4.74 Å². The molecule has 3 aromatic rings. The van der Waals surface area contributed by atoms with Crippen LogP contribution in [0.2, 0.25) is 0 Å². The lowest BCUT2D eigenvalue weighted by Gasteiger charge is -2.04. The number of halogens is 1. The molecule has 0 saturated heterocycles. The predicted octanol–water partition coefficient (Wildman–Crippen LogP) is 3.02. The molecule has 2 heterocycles. The van der Waals surface area contributed by atoms with Gasteiger partial charge in [-0.3, -0.25) is 4.40 Å². The molecular formula is C16H14FN3O2. The minimum Gasteiger partial charge on any atom is -0.462 e. The number of benzene rings is 1. The quantitative estimate of drug-likeness (QED) is 0.698. The van der Waals surface area contributed by atoms with Gasteiger partial charge in [-0.15, -0.1) is 0 Å². The van der Waals surface area contributed by atoms with Gasteiger partial charge in [0, 0.05) is 18.0 Å². The molecule has 0 amide bonds. The van der Waals surface area contributed by atoms with Crippen LogP contribution in [0.25, 0.3) is 17.0 Å². The molecule has 0 aliphatic carbocycles. The van der Waals surface area contributed by atoms with E-state index in [2.05, 4.69) is 9.97 Å². The third-order valence-electron chi connectivity index (χ3n) is 3.27. The number of carbonyl (C=O) groups excluding carboxylic acids is 1. The summed E-state index contributed by atoms with van der Waals surface area (Å²) in [5.74, 6) is -0.234. The number of hydrogen-bond acceptors (Lipinski definition) is 4. The highest BCUT2D eigenvalue weighted by atomic mass is 19.1. The third kappa shape index (κ3) is 2.55. The highest BCUT2D eigenvalue weighted by Crippen LogP contribution is 2.20. The van der Waals surface area contributed by atoms with Crippen LogP contribution in [-0.4, -0.2) is 26.9 Å². The lowest BCUT2D eigenvalue weighted by atomic mass is 10.2. The van der Waals surface area contributed by atoms with Gasteiger partial charge in [-0.2, -0.15) is 0 Å². The molecule has 0 unspecified atom stereocenters. The maximum Gasteiger partial charge on any atom is 0.341 e. The molecule has 0 aliphatic heterocycles. The molecule has 0 bridgehead atoms. The van der Waals surface area contributed by atoms with E-state index in [0.717, 1.165) is 5.56 Å². The Morgan fingerprint density at radius 2 is 1.95 bits per heavy atom. The minimum absolute atomic E-state index is 0.300. The molecule has 0 N–H and O–H groups in total. The zero-order valence-corrected chi connectivity index (χ0v) is 12.2. The number of esters is 1. The largest absolute Gasteiger partial charge is 0.462 e. The number of aryl methyl sites for hydroxylation is 1. The van der Waals surface area contributed by atoms with Gasteiger partial charge in [0.05, 0.1) is 23.6 Å². The number of aromatic nitrogens is 3. The molecule has 22 heavy (non-hydrogen) atoms. The van der Waals surface area contributed by atoms with Crippen LogP contribution in [0.3, 0.4) is 0 Å². The first-order chi connectivity index (χ1) is 10.6. The Bertz CT molecular complexity index is 840. The molecule has 3 rings (SSSR count). The first-order valence-electron chi connectivity index (χ1n) is 6.88. The molecule has 2 aromatic heterocycles. The molecule has 0 spiro atoms. The van der Waals surface area contributed by atoms with Crippen molar-refractivity contribution in [3.8, 4) is 11.3 Å². The average molecular weight is 299 g/mol. The summed E-state index contributed by atoms with van der Waals surface area (Å²) in [7, 11) is 0. The van der Waals surface area contributed by atoms with E-state index in [-0.39, 0.29) is 5.82 Å². The van der Waals surface area contributed by atoms with Crippen LogP contribution in [-0.2, 0) is 4.74 Å². The van der Waals surface area contributed by atoms with E-state index in [1.165, 1.54) is 12.1 Å². The molecule has 1 aromatic carbocycles. The summed E-state index contributed by atoms with van der Waals surface area (Å²) >= 11 is 0. The molecule has 0 radical (unpaired) electrons. The third-order valence-corrected chi connectivity index (χ3v) is 3.27. The summed E-state index contributed by atoms with van der Waals surface area (Å²) in [5.41, 5.74) is 2.40. The number of ether oxygens (including phenoxy) is 1. The molecule has 6 heteroatoms. The lowest BCUT2D eigenvalue weighted by molar-refractivity contribution is 0.0524. The Balaban J connectivity index is 2.06. The Morgan fingerprint density at radius 3 is 2.64 bits per heavy atom. The first kappa shape index (κ1) is 14.2. The van der Waals surface area contributed by atoms with E-state index >= 15 is 0 Å². The van der Waals surface area contributed by atoms with Gasteiger partial charge >= 0.3 is 5.97 Å². The number of carbonyl (C=O) groups is 1. The standard InChI is InChI=1S/C16H14FN3O2/c1-3-22-15(21)13-8-20-9-14(19-16(20)18-10(13)2)11-4-6-12(17)7-5-11/h4-9H,3H2,1-2H3. The Kier molecular flexibility index (Phi) is 3.58. The number of nitrogens with zero attached hydrogens (tertiary/aromatic N) is 3. The number of hydrogen-bond donors (Lipinski definition) is 0. The van der Waals surface area contributed by atoms with Gasteiger partial charge < -0.3 is 4.74 Å². The first-order valence-corrected chi connectivity index (χ1v) is 6.88. The smallest absolute Gasteiger partial charge is 0.341 e. The van der Waals surface area contributed by atoms with Gasteiger partial charge in [-0.1, -0.05) is 0 Å². The van der Waals surface area contributed by atoms with Crippen LogP contribution in [0.1, 0.15) is 23.0 Å². The van der Waals surface area contributed by atoms with Gasteiger partial charge in [0.15, 0.2) is 0 Å². The second-order valence-electron chi connectivity index (χ2n) is 4.80. The Morgan fingerprint density at radius 1 is 1.23 bits per heavy atom. The summed E-state index contributed by atoms with van der Waals surface area (Å²) in [4.78, 5) is 20.6. The summed E-state index contributed by atoms with van der Waals surface area (Å²) in [6, 6.07) is 6.05. The van der Waals surface area contributed by atoms with Gasteiger partial charge in [-0.25, -0.2) is 19.2 Å². The highest BCUT2D eigenvalue weighted by molar-refractivity contribution is 5.90. The van der Waals surface area contributed by atoms with Gasteiger partial charge in [-0.05, 0) is 38.1 Å². The van der Waals surface area contributed by atoms with Crippen molar-refractivity contribution < 1.29 is 13.9 Å². The van der Waals surface area contributed by atoms with Crippen LogP contribution >= 0.6 is 0 Å². The monoisotopic (exact) mass is 299 g/mol. The van der Waals surface area contributed by atoms with Crippen molar-refractivity contribution >= 4 is 11.7 Å². The number of imidazole rings is 1. The van der Waals surface area contributed by atoms with E-state index in [9.17, 15) is 9.18 Å². The van der Waals surface area contributed by atoms with Crippen molar-refractivity contribution in [2.75, 3.05) is 6.61 Å². The van der Waals surface area contributed by atoms with Crippen LogP contribution in [0, 0.1) is 12.7 Å². The maximum absolute atomic E-state index is 13.0. The molecule has 112 valence electrons. The van der Waals surface area contributed by atoms with Crippen molar-refractivity contribution in [2.45, 2.75) is 13.8 Å². The van der Waals surface area contributed by atoms with Gasteiger partial charge in [0.25, 0.3) is 0 Å². The van der Waals surface area contributed by atoms with Crippen LogP contribution in [0.5, 0.6) is 0 Å². The summed E-state index contributed by atoms with van der Waals surface area (Å²) < 4.78 is 19.7. The zero-order chi connectivity index (χ0) is 15.7. The summed E-state index contributed by atoms with van der Waals surface area (Å²) in [5, 5.41) is 0. The molecule has 0 atom stereocenters. The second kappa shape index (κ2) is 5.55. The molecule has 0 saturated carbocycles. The topological polar surface area (TPSA) is 56.5 Å². The fraction of sp³-hybridized carbons (Fsp3) is 0.188. The Labute approximate surface area is 126 Å². The average Bonchev–Trinajstić information content (AvgIpc) is 2.90. The van der Waals surface area contributed by atoms with Gasteiger partial charge in [0.2, 0.25) is 5.78 Å². The van der Waals surface area contributed by atoms with E-state index in [0.29, 0.717) is 29.3 Å². The summed E-state index contributed by atoms with van der Waals surface area (Å²) in [6.45, 7) is 3.79. The molecule has 5 nitrogen and oxygen atoms in total. The van der Waals surface area contributed by atoms with Gasteiger partial charge in [0.1, 0.15) is 5.82 Å². The molecule has 0 fully saturated rings. The second-order valence-corrected chi connectivity index (χ2v) is 4.80. The minimum atomic E-state index is -0.411. The molecular weight excluding hydrogens is 285 g/mol. The van der Waals surface area contributed by atoms with E-state index in [1.54, 1.807) is 42.8 Å². The van der Waals surface area contributed by atoms with Crippen molar-refractivity contribution in [3.05, 3.63) is 53.7 Å². The van der Waals surface area contributed by atoms with Crippen molar-refractivity contribution in [1.82, 2.24) is 14.4 Å². The van der Waals surface area contributed by atoms with Crippen LogP contribution in [0.15, 0.2) is 36.7 Å². The fourth-order valence-electron chi connectivity index (χ4n) is 2.17. The maximum atomic E-state index is 13.0. The van der Waals surface area contributed by atoms with Crippen molar-refractivity contribution in [1.29, 1.82) is 0 Å². The predicted molar refractivity (Wildman–Crippen MR) is 79.1 cm³/mol. The summed E-state index contributed by atoms with van der Waals surface area (Å²) in [6.07, 6.45) is 3.40. The normalized spacial score (nSPS) is 10.9. The SMILES string of the molecule is CCOC(=O)c1cn2cc(-c3ccc(F)cc3)nc2nc1C. The number of fused-ring (bicyclic) bond motifs is 1. The molecule has 0 aliphatic rings. The van der Waals surface area contributed by atoms with Crippen molar-refractivity contribution in [2.24, 2.45) is 0 Å². The van der Waals surface area contributed by atoms with E-state index < -0.39 is 5.97 Å². The zero-order valence-electron chi connectivity index (χ0n) is 12.2. The van der Waals surface area contributed by atoms with Crippen LogP contribution in [0.4, 0.5) is 4.39 Å². The van der Waals surface area contributed by atoms with E-state index in [1.807, 2.05) is 0 Å². The van der Waals surface area contributed by atoms with Crippen LogP contribution < -0.4 is 0 Å². The highest BCUT2D eigenvalue weighted by Gasteiger charge is 2.14. The number of rotatable bonds is 3. The fourth-order valence-corrected chi connectivity index (χ4v) is 2.17.